The van der Waals surface area contributed by atoms with Gasteiger partial charge in [0.15, 0.2) is 5.60 Å². The van der Waals surface area contributed by atoms with Crippen LogP contribution in [0, 0.1) is 11.3 Å². The van der Waals surface area contributed by atoms with E-state index >= 15 is 0 Å². The van der Waals surface area contributed by atoms with Gasteiger partial charge in [-0.2, -0.15) is 5.26 Å². The minimum atomic E-state index is -0.785. The van der Waals surface area contributed by atoms with Gasteiger partial charge in [-0.3, -0.25) is 0 Å². The van der Waals surface area contributed by atoms with Crippen LogP contribution >= 0.6 is 0 Å². The summed E-state index contributed by atoms with van der Waals surface area (Å²) in [5.41, 5.74) is -0.0348. The molecular formula is C11H15NO3. The smallest absolute Gasteiger partial charge is 0.349 e. The fourth-order valence-electron chi connectivity index (χ4n) is 1.34. The predicted molar refractivity (Wildman–Crippen MR) is 53.9 cm³/mol. The molecule has 0 aromatic rings. The molecule has 1 rings (SSSR count). The molecule has 0 fully saturated rings. The maximum atomic E-state index is 11.3. The van der Waals surface area contributed by atoms with E-state index in [4.69, 9.17) is 14.7 Å². The highest BCUT2D eigenvalue weighted by Gasteiger charge is 2.42. The third kappa shape index (κ3) is 2.18. The Bertz CT molecular complexity index is 351. The van der Waals surface area contributed by atoms with Crippen molar-refractivity contribution in [3.05, 3.63) is 11.1 Å². The summed E-state index contributed by atoms with van der Waals surface area (Å²) < 4.78 is 10.6. The number of esters is 1. The Labute approximate surface area is 89.5 Å². The zero-order chi connectivity index (χ0) is 11.6. The lowest BCUT2D eigenvalue weighted by Gasteiger charge is -2.25. The maximum Gasteiger partial charge on any atom is 0.349 e. The van der Waals surface area contributed by atoms with Gasteiger partial charge in [0.1, 0.15) is 11.6 Å². The Kier molecular flexibility index (Phi) is 3.15. The van der Waals surface area contributed by atoms with Crippen molar-refractivity contribution in [2.45, 2.75) is 39.4 Å². The third-order valence-electron chi connectivity index (χ3n) is 2.49. The van der Waals surface area contributed by atoms with Crippen molar-refractivity contribution in [1.29, 1.82) is 5.26 Å². The molecule has 0 spiro atoms. The monoisotopic (exact) mass is 209 g/mol. The summed E-state index contributed by atoms with van der Waals surface area (Å²) in [6.07, 6.45) is 0.0689. The SMILES string of the molecule is CC1=C(C#N)C(=O)OC1(C)COC(C)C. The molecular weight excluding hydrogens is 194 g/mol. The van der Waals surface area contributed by atoms with Gasteiger partial charge in [0.25, 0.3) is 0 Å². The highest BCUT2D eigenvalue weighted by Crippen LogP contribution is 2.32. The topological polar surface area (TPSA) is 59.3 Å². The standard InChI is InChI=1S/C11H15NO3/c1-7(2)14-6-11(4)8(3)9(5-12)10(13)15-11/h7H,6H2,1-4H3. The highest BCUT2D eigenvalue weighted by atomic mass is 16.6. The Hall–Kier alpha value is -1.34. The zero-order valence-electron chi connectivity index (χ0n) is 9.46. The van der Waals surface area contributed by atoms with E-state index in [2.05, 4.69) is 0 Å². The lowest BCUT2D eigenvalue weighted by molar-refractivity contribution is -0.151. The Morgan fingerprint density at radius 2 is 2.20 bits per heavy atom. The summed E-state index contributed by atoms with van der Waals surface area (Å²) in [7, 11) is 0. The number of nitriles is 1. The first-order valence-corrected chi connectivity index (χ1v) is 4.87. The van der Waals surface area contributed by atoms with E-state index in [1.54, 1.807) is 13.8 Å². The zero-order valence-corrected chi connectivity index (χ0v) is 9.46. The van der Waals surface area contributed by atoms with E-state index in [1.807, 2.05) is 19.9 Å². The van der Waals surface area contributed by atoms with Gasteiger partial charge in [-0.1, -0.05) is 0 Å². The van der Waals surface area contributed by atoms with Crippen LogP contribution in [0.2, 0.25) is 0 Å². The summed E-state index contributed by atoms with van der Waals surface area (Å²) >= 11 is 0. The normalized spacial score (nSPS) is 25.7. The number of cyclic esters (lactones) is 1. The predicted octanol–water partition coefficient (Wildman–Crippen LogP) is 1.57. The molecule has 1 aliphatic heterocycles. The second-order valence-corrected chi connectivity index (χ2v) is 4.09. The van der Waals surface area contributed by atoms with E-state index in [1.165, 1.54) is 0 Å². The number of hydrogen-bond donors (Lipinski definition) is 0. The number of carbonyl (C=O) groups excluding carboxylic acids is 1. The Morgan fingerprint density at radius 3 is 2.60 bits per heavy atom. The number of carbonyl (C=O) groups is 1. The average molecular weight is 209 g/mol. The number of rotatable bonds is 3. The summed E-state index contributed by atoms with van der Waals surface area (Å²) in [4.78, 5) is 11.3. The van der Waals surface area contributed by atoms with Crippen LogP contribution < -0.4 is 0 Å². The highest BCUT2D eigenvalue weighted by molar-refractivity contribution is 5.96. The number of ether oxygens (including phenoxy) is 2. The van der Waals surface area contributed by atoms with Crippen LogP contribution in [0.15, 0.2) is 11.1 Å². The first-order chi connectivity index (χ1) is 6.90. The van der Waals surface area contributed by atoms with Crippen LogP contribution in [-0.2, 0) is 14.3 Å². The van der Waals surface area contributed by atoms with Crippen molar-refractivity contribution in [2.24, 2.45) is 0 Å². The van der Waals surface area contributed by atoms with Gasteiger partial charge in [0, 0.05) is 0 Å². The molecule has 0 saturated heterocycles. The molecule has 1 unspecified atom stereocenters. The van der Waals surface area contributed by atoms with E-state index in [0.717, 1.165) is 0 Å². The van der Waals surface area contributed by atoms with Crippen molar-refractivity contribution >= 4 is 5.97 Å². The van der Waals surface area contributed by atoms with Crippen LogP contribution in [0.4, 0.5) is 0 Å². The largest absolute Gasteiger partial charge is 0.448 e. The van der Waals surface area contributed by atoms with Crippen molar-refractivity contribution < 1.29 is 14.3 Å². The van der Waals surface area contributed by atoms with Gasteiger partial charge in [-0.25, -0.2) is 4.79 Å². The van der Waals surface area contributed by atoms with E-state index in [0.29, 0.717) is 5.57 Å². The van der Waals surface area contributed by atoms with Gasteiger partial charge in [0.05, 0.1) is 12.7 Å². The minimum Gasteiger partial charge on any atom is -0.448 e. The van der Waals surface area contributed by atoms with Crippen molar-refractivity contribution in [1.82, 2.24) is 0 Å². The van der Waals surface area contributed by atoms with E-state index in [-0.39, 0.29) is 18.3 Å². The molecule has 1 aliphatic rings. The Morgan fingerprint density at radius 1 is 1.60 bits per heavy atom. The lowest BCUT2D eigenvalue weighted by Crippen LogP contribution is -2.34. The maximum absolute atomic E-state index is 11.3. The molecule has 0 amide bonds. The number of hydrogen-bond acceptors (Lipinski definition) is 4. The Balaban J connectivity index is 2.85. The summed E-state index contributed by atoms with van der Waals surface area (Å²) in [6, 6.07) is 1.86. The number of nitrogens with zero attached hydrogens (tertiary/aromatic N) is 1. The molecule has 4 heteroatoms. The van der Waals surface area contributed by atoms with Gasteiger partial charge in [0.2, 0.25) is 0 Å². The average Bonchev–Trinajstić information content (AvgIpc) is 2.36. The van der Waals surface area contributed by atoms with Crippen molar-refractivity contribution in [3.63, 3.8) is 0 Å². The van der Waals surface area contributed by atoms with E-state index in [9.17, 15) is 4.79 Å². The molecule has 0 N–H and O–H groups in total. The first-order valence-electron chi connectivity index (χ1n) is 4.87. The molecule has 1 heterocycles. The van der Waals surface area contributed by atoms with Crippen LogP contribution in [-0.4, -0.2) is 24.3 Å². The molecule has 0 saturated carbocycles. The lowest BCUT2D eigenvalue weighted by atomic mass is 9.96. The second-order valence-electron chi connectivity index (χ2n) is 4.09. The van der Waals surface area contributed by atoms with Crippen LogP contribution in [0.1, 0.15) is 27.7 Å². The molecule has 1 atom stereocenters. The molecule has 82 valence electrons. The van der Waals surface area contributed by atoms with Gasteiger partial charge in [-0.15, -0.1) is 0 Å². The van der Waals surface area contributed by atoms with E-state index < -0.39 is 11.6 Å². The van der Waals surface area contributed by atoms with Crippen LogP contribution in [0.25, 0.3) is 0 Å². The molecule has 0 aromatic carbocycles. The van der Waals surface area contributed by atoms with Crippen LogP contribution in [0.3, 0.4) is 0 Å². The quantitative estimate of drug-likeness (QED) is 0.662. The minimum absolute atomic E-state index is 0.0689. The molecule has 4 nitrogen and oxygen atoms in total. The second kappa shape index (κ2) is 4.03. The van der Waals surface area contributed by atoms with Crippen molar-refractivity contribution in [2.75, 3.05) is 6.61 Å². The molecule has 0 bridgehead atoms. The molecule has 15 heavy (non-hydrogen) atoms. The fraction of sp³-hybridized carbons (Fsp3) is 0.636. The summed E-state index contributed by atoms with van der Waals surface area (Å²) in [5.74, 6) is -0.551. The van der Waals surface area contributed by atoms with Gasteiger partial charge in [-0.05, 0) is 33.3 Å². The van der Waals surface area contributed by atoms with Crippen molar-refractivity contribution in [3.8, 4) is 6.07 Å². The summed E-state index contributed by atoms with van der Waals surface area (Å²) in [6.45, 7) is 7.59. The summed E-state index contributed by atoms with van der Waals surface area (Å²) in [5, 5.41) is 8.77. The van der Waals surface area contributed by atoms with Gasteiger partial charge >= 0.3 is 5.97 Å². The van der Waals surface area contributed by atoms with Crippen LogP contribution in [0.5, 0.6) is 0 Å². The third-order valence-corrected chi connectivity index (χ3v) is 2.49. The molecule has 0 aromatic heterocycles. The fourth-order valence-corrected chi connectivity index (χ4v) is 1.34. The van der Waals surface area contributed by atoms with Gasteiger partial charge < -0.3 is 9.47 Å². The first kappa shape index (κ1) is 11.7. The molecule has 0 aliphatic carbocycles. The molecule has 0 radical (unpaired) electrons.